The van der Waals surface area contributed by atoms with E-state index < -0.39 is 12.1 Å². The number of aryl methyl sites for hydroxylation is 1. The molecule has 0 unspecified atom stereocenters. The van der Waals surface area contributed by atoms with Crippen LogP contribution < -0.4 is 5.73 Å². The number of nitrogens with one attached hydrogen (secondary N) is 1. The minimum Gasteiger partial charge on any atom is -0.370 e. The Morgan fingerprint density at radius 2 is 1.84 bits per heavy atom. The third kappa shape index (κ3) is 4.11. The molecule has 1 aliphatic carbocycles. The molecule has 4 rings (SSSR count). The van der Waals surface area contributed by atoms with Crippen LogP contribution in [-0.2, 0) is 0 Å². The molecule has 0 spiro atoms. The molecule has 0 aromatic carbocycles. The summed E-state index contributed by atoms with van der Waals surface area (Å²) in [5.41, 5.74) is 10.4. The van der Waals surface area contributed by atoms with Crippen molar-refractivity contribution in [2.75, 3.05) is 13.1 Å². The first-order valence-electron chi connectivity index (χ1n) is 11.1. The van der Waals surface area contributed by atoms with Crippen molar-refractivity contribution in [1.82, 2.24) is 19.5 Å². The maximum Gasteiger partial charge on any atom is 0.391 e. The monoisotopic (exact) mass is 436 g/mol. The second-order valence-electron chi connectivity index (χ2n) is 9.34. The first-order chi connectivity index (χ1) is 14.6. The lowest BCUT2D eigenvalue weighted by Crippen LogP contribution is -2.45. The molecule has 2 fully saturated rings. The number of rotatable bonds is 2. The average Bonchev–Trinajstić information content (AvgIpc) is 3.12. The molecule has 170 valence electrons. The van der Waals surface area contributed by atoms with Gasteiger partial charge in [0.2, 0.25) is 0 Å². The zero-order valence-corrected chi connectivity index (χ0v) is 18.3. The van der Waals surface area contributed by atoms with E-state index in [0.717, 1.165) is 41.3 Å². The lowest BCUT2D eigenvalue weighted by atomic mass is 9.80. The fourth-order valence-electron chi connectivity index (χ4n) is 5.24. The highest BCUT2D eigenvalue weighted by molar-refractivity contribution is 5.74. The molecule has 0 radical (unpaired) electrons. The van der Waals surface area contributed by atoms with Crippen molar-refractivity contribution in [2.45, 2.75) is 70.9 Å². The zero-order chi connectivity index (χ0) is 22.5. The van der Waals surface area contributed by atoms with Crippen molar-refractivity contribution < 1.29 is 13.2 Å². The van der Waals surface area contributed by atoms with Gasteiger partial charge in [-0.25, -0.2) is 9.50 Å². The summed E-state index contributed by atoms with van der Waals surface area (Å²) in [5.74, 6) is -0.533. The second-order valence-corrected chi connectivity index (χ2v) is 9.34. The minimum atomic E-state index is -4.10. The topological polar surface area (TPSA) is 83.3 Å². The Morgan fingerprint density at radius 3 is 2.45 bits per heavy atom. The van der Waals surface area contributed by atoms with E-state index in [9.17, 15) is 13.2 Å². The zero-order valence-electron chi connectivity index (χ0n) is 18.3. The lowest BCUT2D eigenvalue weighted by molar-refractivity contribution is -0.182. The van der Waals surface area contributed by atoms with Gasteiger partial charge in [-0.3, -0.25) is 5.41 Å². The molecule has 2 aromatic rings. The van der Waals surface area contributed by atoms with Crippen LogP contribution in [0.3, 0.4) is 0 Å². The summed E-state index contributed by atoms with van der Waals surface area (Å²) in [7, 11) is 0. The van der Waals surface area contributed by atoms with Gasteiger partial charge in [0, 0.05) is 36.7 Å². The van der Waals surface area contributed by atoms with Crippen molar-refractivity contribution in [3.05, 3.63) is 28.7 Å². The van der Waals surface area contributed by atoms with E-state index in [1.54, 1.807) is 0 Å². The van der Waals surface area contributed by atoms with Crippen molar-refractivity contribution in [3.63, 3.8) is 0 Å². The van der Waals surface area contributed by atoms with E-state index in [0.29, 0.717) is 25.3 Å². The number of piperidine rings is 1. The molecule has 1 saturated heterocycles. The van der Waals surface area contributed by atoms with E-state index >= 15 is 0 Å². The molecule has 0 amide bonds. The van der Waals surface area contributed by atoms with Gasteiger partial charge in [0.05, 0.1) is 17.3 Å². The Morgan fingerprint density at radius 1 is 1.16 bits per heavy atom. The summed E-state index contributed by atoms with van der Waals surface area (Å²) >= 11 is 0. The van der Waals surface area contributed by atoms with Gasteiger partial charge in [-0.05, 0) is 57.4 Å². The second kappa shape index (κ2) is 7.98. The van der Waals surface area contributed by atoms with Gasteiger partial charge in [-0.1, -0.05) is 6.92 Å². The Kier molecular flexibility index (Phi) is 5.64. The largest absolute Gasteiger partial charge is 0.391 e. The van der Waals surface area contributed by atoms with Crippen molar-refractivity contribution in [1.29, 1.82) is 5.41 Å². The van der Waals surface area contributed by atoms with Gasteiger partial charge in [-0.2, -0.15) is 18.3 Å². The average molecular weight is 437 g/mol. The summed E-state index contributed by atoms with van der Waals surface area (Å²) in [6.45, 7) is 7.67. The van der Waals surface area contributed by atoms with Crippen LogP contribution in [0.4, 0.5) is 13.2 Å². The van der Waals surface area contributed by atoms with E-state index in [4.69, 9.17) is 21.2 Å². The summed E-state index contributed by atoms with van der Waals surface area (Å²) in [6.07, 6.45) is -1.85. The Hall–Kier alpha value is -2.32. The number of nitrogens with two attached hydrogens (primary N) is 1. The van der Waals surface area contributed by atoms with E-state index in [-0.39, 0.29) is 30.6 Å². The maximum absolute atomic E-state index is 13.1. The summed E-state index contributed by atoms with van der Waals surface area (Å²) in [6, 6.07) is 1.95. The van der Waals surface area contributed by atoms with E-state index in [1.807, 2.05) is 29.3 Å². The fraction of sp³-hybridized carbons (Fsp3) is 0.682. The van der Waals surface area contributed by atoms with Gasteiger partial charge in [-0.15, -0.1) is 0 Å². The van der Waals surface area contributed by atoms with Crippen LogP contribution in [0.15, 0.2) is 6.07 Å². The molecular weight excluding hydrogens is 405 g/mol. The fourth-order valence-corrected chi connectivity index (χ4v) is 5.24. The number of fused-ring (bicyclic) bond motifs is 1. The van der Waals surface area contributed by atoms with Crippen molar-refractivity contribution in [2.24, 2.45) is 17.6 Å². The van der Waals surface area contributed by atoms with Crippen molar-refractivity contribution >= 4 is 11.6 Å². The number of aromatic nitrogens is 3. The first kappa shape index (κ1) is 21.9. The number of hydrogen-bond acceptors (Lipinski definition) is 3. The summed E-state index contributed by atoms with van der Waals surface area (Å²) < 4.78 is 41.1. The summed E-state index contributed by atoms with van der Waals surface area (Å²) in [4.78, 5) is 6.62. The van der Waals surface area contributed by atoms with Gasteiger partial charge in [0.25, 0.3) is 0 Å². The number of hydrogen-bond donors (Lipinski definition) is 2. The van der Waals surface area contributed by atoms with Crippen LogP contribution in [0.25, 0.3) is 5.65 Å². The molecule has 2 atom stereocenters. The van der Waals surface area contributed by atoms with Crippen LogP contribution in [0.2, 0.25) is 0 Å². The highest BCUT2D eigenvalue weighted by Gasteiger charge is 2.42. The predicted molar refractivity (Wildman–Crippen MR) is 113 cm³/mol. The first-order valence-corrected chi connectivity index (χ1v) is 11.1. The third-order valence-electron chi connectivity index (χ3n) is 7.41. The molecule has 3 heterocycles. The van der Waals surface area contributed by atoms with Crippen LogP contribution in [0.1, 0.15) is 73.5 Å². The van der Waals surface area contributed by atoms with Gasteiger partial charge in [0.15, 0.2) is 11.6 Å². The number of guanidine groups is 1. The highest BCUT2D eigenvalue weighted by atomic mass is 19.4. The molecule has 3 N–H and O–H groups in total. The molecule has 2 aliphatic rings. The molecular formula is C22H31F3N6. The van der Waals surface area contributed by atoms with Crippen molar-refractivity contribution in [3.8, 4) is 0 Å². The van der Waals surface area contributed by atoms with Crippen LogP contribution in [0, 0.1) is 31.1 Å². The highest BCUT2D eigenvalue weighted by Crippen LogP contribution is 2.43. The number of nitrogens with zero attached hydrogens (tertiary/aromatic N) is 4. The molecule has 1 aliphatic heterocycles. The molecule has 2 aromatic heterocycles. The van der Waals surface area contributed by atoms with Crippen LogP contribution in [-0.4, -0.2) is 44.7 Å². The Bertz CT molecular complexity index is 974. The number of alkyl halides is 3. The smallest absolute Gasteiger partial charge is 0.370 e. The van der Waals surface area contributed by atoms with Gasteiger partial charge in [0.1, 0.15) is 0 Å². The molecule has 9 heteroatoms. The SMILES string of the molecule is Cc1nc2cc(C3CCC(C(F)(F)F)CC3)nn2c([C@@H]2CN(C(=N)N)CC[C@@H]2C)c1C. The Labute approximate surface area is 180 Å². The number of halogens is 3. The predicted octanol–water partition coefficient (Wildman–Crippen LogP) is 4.50. The molecule has 31 heavy (non-hydrogen) atoms. The molecule has 1 saturated carbocycles. The molecule has 0 bridgehead atoms. The standard InChI is InChI=1S/C22H31F3N6/c1-12-8-9-30(21(26)27)11-17(12)20-13(2)14(3)28-19-10-18(29-31(19)20)15-4-6-16(7-5-15)22(23,24)25/h10,12,15-17H,4-9,11H2,1-3H3,(H3,26,27)/t12-,15?,16?,17+/m0/s1. The van der Waals surface area contributed by atoms with Gasteiger partial charge >= 0.3 is 6.18 Å². The minimum absolute atomic E-state index is 0.0336. The maximum atomic E-state index is 13.1. The van der Waals surface area contributed by atoms with E-state index in [2.05, 4.69) is 6.92 Å². The normalized spacial score (nSPS) is 27.6. The van der Waals surface area contributed by atoms with Crippen LogP contribution in [0.5, 0.6) is 0 Å². The van der Waals surface area contributed by atoms with Gasteiger partial charge < -0.3 is 10.6 Å². The Balaban J connectivity index is 1.68. The van der Waals surface area contributed by atoms with Crippen LogP contribution >= 0.6 is 0 Å². The molecule has 6 nitrogen and oxygen atoms in total. The quantitative estimate of drug-likeness (QED) is 0.536. The number of likely N-dealkylation sites (tertiary alicyclic amines) is 1. The summed E-state index contributed by atoms with van der Waals surface area (Å²) in [5, 5.41) is 12.7. The third-order valence-corrected chi connectivity index (χ3v) is 7.41. The van der Waals surface area contributed by atoms with E-state index in [1.165, 1.54) is 0 Å². The lowest BCUT2D eigenvalue weighted by Gasteiger charge is -2.38.